The van der Waals surface area contributed by atoms with Crippen molar-refractivity contribution in [1.82, 2.24) is 0 Å². The molecule has 1 aliphatic rings. The van der Waals surface area contributed by atoms with Crippen LogP contribution in [-0.2, 0) is 20.3 Å². The fourth-order valence-corrected chi connectivity index (χ4v) is 4.67. The molecule has 1 unspecified atom stereocenters. The van der Waals surface area contributed by atoms with Crippen molar-refractivity contribution in [3.63, 3.8) is 0 Å². The van der Waals surface area contributed by atoms with E-state index in [1.54, 1.807) is 37.1 Å². The number of aliphatic hydroxyl groups excluding tert-OH is 1. The van der Waals surface area contributed by atoms with E-state index >= 15 is 0 Å². The number of allylic oxidation sites excluding steroid dienone is 9. The fourth-order valence-electron chi connectivity index (χ4n) is 3.24. The van der Waals surface area contributed by atoms with Crippen LogP contribution < -0.4 is 0 Å². The number of phenols is 1. The summed E-state index contributed by atoms with van der Waals surface area (Å²) in [5, 5.41) is 16.4. The molecule has 48 heavy (non-hydrogen) atoms. The third kappa shape index (κ3) is 48.3. The Bertz CT molecular complexity index is 892. The van der Waals surface area contributed by atoms with Crippen molar-refractivity contribution in [3.8, 4) is 5.75 Å². The second kappa shape index (κ2) is 51.8. The van der Waals surface area contributed by atoms with Crippen LogP contribution in [0.3, 0.4) is 0 Å². The van der Waals surface area contributed by atoms with E-state index in [9.17, 15) is 9.32 Å². The lowest BCUT2D eigenvalue weighted by atomic mass is 9.92. The van der Waals surface area contributed by atoms with Crippen molar-refractivity contribution in [2.75, 3.05) is 51.5 Å². The molecule has 0 amide bonds. The minimum atomic E-state index is -0.520. The Hall–Kier alpha value is -2.06. The Balaban J connectivity index is -0.000000132. The molecule has 7 heteroatoms. The number of thioether (sulfide) groups is 1. The molecule has 1 heterocycles. The van der Waals surface area contributed by atoms with Gasteiger partial charge in [-0.15, -0.1) is 0 Å². The second-order valence-corrected chi connectivity index (χ2v) is 12.3. The highest BCUT2D eigenvalue weighted by Crippen LogP contribution is 2.27. The monoisotopic (exact) mass is 715 g/mol. The van der Waals surface area contributed by atoms with E-state index in [-0.39, 0.29) is 0 Å². The molecule has 0 aromatic heterocycles. The van der Waals surface area contributed by atoms with E-state index in [0.29, 0.717) is 18.3 Å². The number of unbranched alkanes of at least 4 members (excludes halogenated alkanes) is 2. The molecular formula is C41H78O5S2. The quantitative estimate of drug-likeness (QED) is 0.248. The van der Waals surface area contributed by atoms with Gasteiger partial charge in [-0.25, -0.2) is 0 Å². The number of benzene rings is 1. The average Bonchev–Trinajstić information content (AvgIpc) is 3.11. The second-order valence-electron chi connectivity index (χ2n) is 9.78. The van der Waals surface area contributed by atoms with Gasteiger partial charge in [-0.05, 0) is 95.7 Å². The molecule has 0 saturated heterocycles. The predicted molar refractivity (Wildman–Crippen MR) is 223 cm³/mol. The van der Waals surface area contributed by atoms with Crippen molar-refractivity contribution in [3.05, 3.63) is 89.8 Å². The first-order chi connectivity index (χ1) is 23.1. The van der Waals surface area contributed by atoms with Crippen LogP contribution >= 0.6 is 11.8 Å². The first-order valence-electron chi connectivity index (χ1n) is 17.5. The molecule has 0 fully saturated rings. The lowest BCUT2D eigenvalue weighted by Crippen LogP contribution is -2.08. The van der Waals surface area contributed by atoms with Gasteiger partial charge in [0.25, 0.3) is 0 Å². The maximum atomic E-state index is 11.1. The number of aromatic hydroxyl groups is 1. The third-order valence-electron chi connectivity index (χ3n) is 5.58. The summed E-state index contributed by atoms with van der Waals surface area (Å²) in [5.41, 5.74) is 3.73. The van der Waals surface area contributed by atoms with Crippen molar-refractivity contribution >= 4 is 22.6 Å². The number of hydrogen-bond donors (Lipinski definition) is 2. The minimum Gasteiger partial charge on any atom is -0.508 e. The van der Waals surface area contributed by atoms with Gasteiger partial charge in [0.05, 0.1) is 12.4 Å². The van der Waals surface area contributed by atoms with E-state index in [1.165, 1.54) is 16.7 Å². The molecule has 2 N–H and O–H groups in total. The first kappa shape index (κ1) is 58.2. The summed E-state index contributed by atoms with van der Waals surface area (Å²) in [4.78, 5) is 0. The maximum absolute atomic E-state index is 11.1. The van der Waals surface area contributed by atoms with Crippen LogP contribution in [0.2, 0.25) is 0 Å². The molecular weight excluding hydrogens is 637 g/mol. The Morgan fingerprint density at radius 1 is 0.958 bits per heavy atom. The normalized spacial score (nSPS) is 16.3. The zero-order valence-corrected chi connectivity index (χ0v) is 35.5. The molecule has 0 bridgehead atoms. The molecule has 1 aromatic rings. The zero-order valence-electron chi connectivity index (χ0n) is 33.9. The summed E-state index contributed by atoms with van der Waals surface area (Å²) in [6.07, 6.45) is 21.6. The molecule has 1 atom stereocenters. The molecule has 5 nitrogen and oxygen atoms in total. The number of methoxy groups -OCH3 is 1. The lowest BCUT2D eigenvalue weighted by molar-refractivity contribution is 0.193. The molecule has 0 radical (unpaired) electrons. The number of aliphatic hydroxyl groups is 1. The fraction of sp³-hybridized carbons (Fsp3) is 0.610. The summed E-state index contributed by atoms with van der Waals surface area (Å²) < 4.78 is 21.5. The van der Waals surface area contributed by atoms with Crippen LogP contribution in [0.5, 0.6) is 5.75 Å². The van der Waals surface area contributed by atoms with Gasteiger partial charge < -0.3 is 19.7 Å². The molecule has 0 saturated carbocycles. The summed E-state index contributed by atoms with van der Waals surface area (Å²) in [5.74, 6) is 3.38. The van der Waals surface area contributed by atoms with Gasteiger partial charge in [0.15, 0.2) is 0 Å². The van der Waals surface area contributed by atoms with Crippen molar-refractivity contribution in [1.29, 1.82) is 0 Å². The van der Waals surface area contributed by atoms with Crippen molar-refractivity contribution in [2.24, 2.45) is 0 Å². The standard InChI is InChI=1S/C18H22O2.C8H18OS.C5H8.C3H8O.C2H6S.2C2H6.CH4O/c1-13-4-5-14(2)11-17(12-20-15(3)10-13)16-6-8-18(19)9-7-16;1-3-5-7-10(9)8-6-4-2;1-3-5-4-2;1-3-4-2;1-3-2;3*1-2/h4-10,17,19H,11-12H2,1-3H3;3-8H2,1-2H3;3-5H,1H2,2H3;3H2,1-2H3;1-2H3;2*1-2H3;2H,1H3/b13-4-,14-5+,15-10+;;5-4-;;;;;. The average molecular weight is 715 g/mol. The molecule has 0 spiro atoms. The summed E-state index contributed by atoms with van der Waals surface area (Å²) in [7, 11) is 2.16. The van der Waals surface area contributed by atoms with E-state index in [2.05, 4.69) is 57.2 Å². The SMILES string of the molecule is C=C/C=C\C.CC.CC.CC1=C/C=C(\C)CC(c2ccc(O)cc2)CO\C(C)=C\1.CCCCS(=O)CCCC.CCOC.CO.CSC. The van der Waals surface area contributed by atoms with Gasteiger partial charge in [-0.1, -0.05) is 109 Å². The molecule has 1 aromatic carbocycles. The number of rotatable bonds is 9. The van der Waals surface area contributed by atoms with Gasteiger partial charge in [0, 0.05) is 49.0 Å². The smallest absolute Gasteiger partial charge is 0.115 e. The number of ether oxygens (including phenoxy) is 2. The summed E-state index contributed by atoms with van der Waals surface area (Å²) >= 11 is 1.75. The Morgan fingerprint density at radius 3 is 1.77 bits per heavy atom. The third-order valence-corrected chi connectivity index (χ3v) is 7.06. The molecule has 284 valence electrons. The zero-order chi connectivity index (χ0) is 38.6. The largest absolute Gasteiger partial charge is 0.508 e. The topological polar surface area (TPSA) is 76.0 Å². The Labute approximate surface area is 306 Å². The maximum Gasteiger partial charge on any atom is 0.115 e. The van der Waals surface area contributed by atoms with Gasteiger partial charge >= 0.3 is 0 Å². The first-order valence-corrected chi connectivity index (χ1v) is 20.6. The van der Waals surface area contributed by atoms with Crippen LogP contribution in [0.4, 0.5) is 0 Å². The summed E-state index contributed by atoms with van der Waals surface area (Å²) in [6.45, 7) is 27.3. The van der Waals surface area contributed by atoms with Crippen LogP contribution in [-0.4, -0.2) is 65.9 Å². The summed E-state index contributed by atoms with van der Waals surface area (Å²) in [6, 6.07) is 7.42. The highest BCUT2D eigenvalue weighted by molar-refractivity contribution is 7.97. The van der Waals surface area contributed by atoms with E-state index in [1.807, 2.05) is 85.3 Å². The lowest BCUT2D eigenvalue weighted by Gasteiger charge is -2.20. The van der Waals surface area contributed by atoms with E-state index in [0.717, 1.165) is 63.1 Å². The van der Waals surface area contributed by atoms with Crippen LogP contribution in [0.15, 0.2) is 84.2 Å². The van der Waals surface area contributed by atoms with Crippen LogP contribution in [0, 0.1) is 0 Å². The molecule has 1 aliphatic heterocycles. The van der Waals surface area contributed by atoms with E-state index < -0.39 is 10.8 Å². The number of phenolic OH excluding ortho intramolecular Hbond substituents is 1. The highest BCUT2D eigenvalue weighted by Gasteiger charge is 2.14. The predicted octanol–water partition coefficient (Wildman–Crippen LogP) is 12.1. The van der Waals surface area contributed by atoms with Crippen molar-refractivity contribution in [2.45, 2.75) is 114 Å². The Morgan fingerprint density at radius 2 is 1.42 bits per heavy atom. The molecule has 0 aliphatic carbocycles. The minimum absolute atomic E-state index is 0.302. The van der Waals surface area contributed by atoms with Crippen LogP contribution in [0.1, 0.15) is 120 Å². The highest BCUT2D eigenvalue weighted by atomic mass is 32.2. The molecule has 2 rings (SSSR count). The van der Waals surface area contributed by atoms with Gasteiger partial charge in [-0.3, -0.25) is 4.21 Å². The van der Waals surface area contributed by atoms with E-state index in [4.69, 9.17) is 9.84 Å². The van der Waals surface area contributed by atoms with Gasteiger partial charge in [0.2, 0.25) is 0 Å². The van der Waals surface area contributed by atoms with Crippen LogP contribution in [0.25, 0.3) is 0 Å². The Kier molecular flexibility index (Phi) is 62.7. The van der Waals surface area contributed by atoms with Gasteiger partial charge in [-0.2, -0.15) is 11.8 Å². The number of hydrogen-bond acceptors (Lipinski definition) is 6. The van der Waals surface area contributed by atoms with Crippen molar-refractivity contribution < 1.29 is 23.9 Å². The van der Waals surface area contributed by atoms with Gasteiger partial charge in [0.1, 0.15) is 5.75 Å².